The van der Waals surface area contributed by atoms with Gasteiger partial charge in [0.2, 0.25) is 0 Å². The molecule has 1 aromatic heterocycles. The summed E-state index contributed by atoms with van der Waals surface area (Å²) < 4.78 is 0. The van der Waals surface area contributed by atoms with Gasteiger partial charge in [-0.3, -0.25) is 9.59 Å². The van der Waals surface area contributed by atoms with Crippen LogP contribution in [0.25, 0.3) is 10.4 Å². The van der Waals surface area contributed by atoms with Crippen LogP contribution >= 0.6 is 11.3 Å². The van der Waals surface area contributed by atoms with E-state index >= 15 is 0 Å². The summed E-state index contributed by atoms with van der Waals surface area (Å²) in [5, 5.41) is 0. The van der Waals surface area contributed by atoms with Crippen molar-refractivity contribution >= 4 is 22.9 Å². The van der Waals surface area contributed by atoms with E-state index in [-0.39, 0.29) is 11.6 Å². The van der Waals surface area contributed by atoms with Crippen LogP contribution in [-0.2, 0) is 0 Å². The summed E-state index contributed by atoms with van der Waals surface area (Å²) in [6.45, 7) is 5.10. The third kappa shape index (κ3) is 2.27. The van der Waals surface area contributed by atoms with E-state index in [2.05, 4.69) is 0 Å². The number of hydrogen-bond donors (Lipinski definition) is 0. The molecular formula is C15H14O2S. The van der Waals surface area contributed by atoms with Gasteiger partial charge in [-0.2, -0.15) is 0 Å². The Morgan fingerprint density at radius 2 is 1.72 bits per heavy atom. The van der Waals surface area contributed by atoms with Crippen molar-refractivity contribution in [3.8, 4) is 10.4 Å². The van der Waals surface area contributed by atoms with E-state index in [1.165, 1.54) is 11.3 Å². The van der Waals surface area contributed by atoms with Crippen molar-refractivity contribution in [1.82, 2.24) is 0 Å². The molecule has 1 aromatic carbocycles. The molecule has 92 valence electrons. The van der Waals surface area contributed by atoms with Crippen LogP contribution in [0.3, 0.4) is 0 Å². The minimum absolute atomic E-state index is 0.0477. The van der Waals surface area contributed by atoms with E-state index in [9.17, 15) is 9.59 Å². The van der Waals surface area contributed by atoms with Crippen molar-refractivity contribution in [2.24, 2.45) is 0 Å². The van der Waals surface area contributed by atoms with E-state index in [0.717, 1.165) is 20.9 Å². The lowest BCUT2D eigenvalue weighted by Crippen LogP contribution is -1.97. The van der Waals surface area contributed by atoms with Crippen LogP contribution in [0.15, 0.2) is 30.3 Å². The Bertz CT molecular complexity index is 623. The maximum absolute atomic E-state index is 11.7. The second-order valence-corrected chi connectivity index (χ2v) is 5.36. The van der Waals surface area contributed by atoms with Gasteiger partial charge in [-0.15, -0.1) is 11.3 Å². The van der Waals surface area contributed by atoms with Gasteiger partial charge >= 0.3 is 0 Å². The first-order valence-electron chi connectivity index (χ1n) is 5.72. The molecular weight excluding hydrogens is 244 g/mol. The zero-order valence-corrected chi connectivity index (χ0v) is 11.4. The maximum atomic E-state index is 11.7. The Morgan fingerprint density at radius 1 is 1.00 bits per heavy atom. The fourth-order valence-corrected chi connectivity index (χ4v) is 2.98. The summed E-state index contributed by atoms with van der Waals surface area (Å²) in [7, 11) is 0. The van der Waals surface area contributed by atoms with Crippen molar-refractivity contribution in [3.63, 3.8) is 0 Å². The average molecular weight is 258 g/mol. The summed E-state index contributed by atoms with van der Waals surface area (Å²) >= 11 is 1.44. The second kappa shape index (κ2) is 4.86. The molecule has 0 saturated heterocycles. The van der Waals surface area contributed by atoms with Gasteiger partial charge in [0.15, 0.2) is 11.6 Å². The fourth-order valence-electron chi connectivity index (χ4n) is 1.95. The Morgan fingerprint density at radius 3 is 2.28 bits per heavy atom. The molecule has 2 aromatic rings. The van der Waals surface area contributed by atoms with E-state index in [1.807, 2.05) is 37.3 Å². The molecule has 3 heteroatoms. The second-order valence-electron chi connectivity index (χ2n) is 4.27. The molecule has 1 heterocycles. The third-order valence-electron chi connectivity index (χ3n) is 2.85. The van der Waals surface area contributed by atoms with E-state index < -0.39 is 0 Å². The highest BCUT2D eigenvalue weighted by molar-refractivity contribution is 7.17. The molecule has 2 rings (SSSR count). The van der Waals surface area contributed by atoms with Gasteiger partial charge < -0.3 is 0 Å². The topological polar surface area (TPSA) is 34.1 Å². The van der Waals surface area contributed by atoms with Crippen molar-refractivity contribution in [3.05, 3.63) is 46.3 Å². The van der Waals surface area contributed by atoms with Crippen molar-refractivity contribution in [2.75, 3.05) is 0 Å². The number of aryl methyl sites for hydroxylation is 1. The zero-order valence-electron chi connectivity index (χ0n) is 10.6. The number of rotatable bonds is 3. The molecule has 0 radical (unpaired) electrons. The number of Topliss-reactive ketones (excluding diaryl/α,β-unsaturated/α-hetero) is 2. The predicted molar refractivity (Wildman–Crippen MR) is 74.5 cm³/mol. The first-order chi connectivity index (χ1) is 8.50. The normalized spacial score (nSPS) is 10.4. The van der Waals surface area contributed by atoms with E-state index in [1.54, 1.807) is 13.8 Å². The Labute approximate surface area is 110 Å². The molecule has 0 unspecified atom stereocenters. The SMILES string of the molecule is CC(=O)c1ccc(-c2c(C)cccc2C(C)=O)s1. The van der Waals surface area contributed by atoms with E-state index in [4.69, 9.17) is 0 Å². The molecule has 0 fully saturated rings. The van der Waals surface area contributed by atoms with Crippen LogP contribution in [0.4, 0.5) is 0 Å². The summed E-state index contributed by atoms with van der Waals surface area (Å²) in [5.74, 6) is 0.107. The van der Waals surface area contributed by atoms with Crippen LogP contribution in [0.2, 0.25) is 0 Å². The lowest BCUT2D eigenvalue weighted by atomic mass is 9.98. The number of carbonyl (C=O) groups is 2. The Balaban J connectivity index is 2.62. The molecule has 0 aliphatic heterocycles. The highest BCUT2D eigenvalue weighted by atomic mass is 32.1. The molecule has 0 atom stereocenters. The standard InChI is InChI=1S/C15H14O2S/c1-9-5-4-6-12(10(2)16)15(9)14-8-7-13(18-14)11(3)17/h4-8H,1-3H3. The number of ketones is 2. The van der Waals surface area contributed by atoms with Crippen LogP contribution in [0.1, 0.15) is 39.4 Å². The molecule has 0 amide bonds. The molecule has 0 aliphatic rings. The van der Waals surface area contributed by atoms with Gasteiger partial charge in [-0.1, -0.05) is 18.2 Å². The van der Waals surface area contributed by atoms with Crippen LogP contribution in [0, 0.1) is 6.92 Å². The van der Waals surface area contributed by atoms with Gasteiger partial charge in [0, 0.05) is 16.0 Å². The van der Waals surface area contributed by atoms with Crippen molar-refractivity contribution in [2.45, 2.75) is 20.8 Å². The summed E-state index contributed by atoms with van der Waals surface area (Å²) in [6.07, 6.45) is 0. The van der Waals surface area contributed by atoms with Gasteiger partial charge in [-0.25, -0.2) is 0 Å². The third-order valence-corrected chi connectivity index (χ3v) is 4.06. The number of thiophene rings is 1. The Hall–Kier alpha value is -1.74. The lowest BCUT2D eigenvalue weighted by molar-refractivity contribution is 0.101. The van der Waals surface area contributed by atoms with Crippen molar-refractivity contribution < 1.29 is 9.59 Å². The highest BCUT2D eigenvalue weighted by Gasteiger charge is 2.14. The predicted octanol–water partition coefficient (Wildman–Crippen LogP) is 4.13. The first-order valence-corrected chi connectivity index (χ1v) is 6.54. The molecule has 0 saturated carbocycles. The molecule has 0 spiro atoms. The Kier molecular flexibility index (Phi) is 3.43. The van der Waals surface area contributed by atoms with E-state index in [0.29, 0.717) is 5.56 Å². The number of benzene rings is 1. The van der Waals surface area contributed by atoms with Gasteiger partial charge in [-0.05, 0) is 38.5 Å². The van der Waals surface area contributed by atoms with Gasteiger partial charge in [0.25, 0.3) is 0 Å². The summed E-state index contributed by atoms with van der Waals surface area (Å²) in [6, 6.07) is 9.43. The van der Waals surface area contributed by atoms with Gasteiger partial charge in [0.1, 0.15) is 0 Å². The summed E-state index contributed by atoms with van der Waals surface area (Å²) in [4.78, 5) is 24.7. The lowest BCUT2D eigenvalue weighted by Gasteiger charge is -2.08. The maximum Gasteiger partial charge on any atom is 0.169 e. The first kappa shape index (κ1) is 12.7. The van der Waals surface area contributed by atoms with Gasteiger partial charge in [0.05, 0.1) is 4.88 Å². The van der Waals surface area contributed by atoms with Crippen molar-refractivity contribution in [1.29, 1.82) is 0 Å². The molecule has 0 aliphatic carbocycles. The minimum atomic E-state index is 0.0477. The number of carbonyl (C=O) groups excluding carboxylic acids is 2. The average Bonchev–Trinajstić information content (AvgIpc) is 2.77. The fraction of sp³-hybridized carbons (Fsp3) is 0.200. The van der Waals surface area contributed by atoms with Crippen LogP contribution in [-0.4, -0.2) is 11.6 Å². The van der Waals surface area contributed by atoms with Crippen LogP contribution < -0.4 is 0 Å². The highest BCUT2D eigenvalue weighted by Crippen LogP contribution is 2.33. The molecule has 18 heavy (non-hydrogen) atoms. The largest absolute Gasteiger partial charge is 0.294 e. The zero-order chi connectivity index (χ0) is 13.3. The molecule has 2 nitrogen and oxygen atoms in total. The quantitative estimate of drug-likeness (QED) is 0.776. The molecule has 0 bridgehead atoms. The molecule has 0 N–H and O–H groups in total. The summed E-state index contributed by atoms with van der Waals surface area (Å²) in [5.41, 5.74) is 2.72. The minimum Gasteiger partial charge on any atom is -0.294 e. The van der Waals surface area contributed by atoms with Crippen LogP contribution in [0.5, 0.6) is 0 Å². The number of hydrogen-bond acceptors (Lipinski definition) is 3. The smallest absolute Gasteiger partial charge is 0.169 e. The monoisotopic (exact) mass is 258 g/mol.